The SMILES string of the molecule is CCS(=O)(=O)Nc1ccccc1Nc1nc(Nc2cc(C(=O)NC)ccc2OC)ncc1Cl. The summed E-state index contributed by atoms with van der Waals surface area (Å²) in [6.45, 7) is 1.55. The fraction of sp³-hybridized carbons (Fsp3) is 0.190. The Morgan fingerprint density at radius 3 is 2.48 bits per heavy atom. The van der Waals surface area contributed by atoms with E-state index in [4.69, 9.17) is 16.3 Å². The molecule has 3 aromatic rings. The van der Waals surface area contributed by atoms with Crippen molar-refractivity contribution in [3.8, 4) is 5.75 Å². The van der Waals surface area contributed by atoms with Crippen LogP contribution in [0.3, 0.4) is 0 Å². The molecule has 0 radical (unpaired) electrons. The number of rotatable bonds is 9. The molecule has 2 aromatic carbocycles. The summed E-state index contributed by atoms with van der Waals surface area (Å²) in [6, 6.07) is 11.7. The summed E-state index contributed by atoms with van der Waals surface area (Å²) >= 11 is 6.27. The molecule has 12 heteroatoms. The second-order valence-corrected chi connectivity index (χ2v) is 9.10. The molecule has 4 N–H and O–H groups in total. The largest absolute Gasteiger partial charge is 0.495 e. The van der Waals surface area contributed by atoms with Gasteiger partial charge in [0.15, 0.2) is 5.82 Å². The molecule has 0 unspecified atom stereocenters. The summed E-state index contributed by atoms with van der Waals surface area (Å²) in [5.41, 5.74) is 1.71. The smallest absolute Gasteiger partial charge is 0.251 e. The molecule has 0 spiro atoms. The average molecular weight is 491 g/mol. The first kappa shape index (κ1) is 24.1. The standard InChI is InChI=1S/C21H23ClN6O4S/c1-4-33(30,31)28-16-8-6-5-7-15(16)25-19-14(22)12-24-21(27-19)26-17-11-13(20(29)23-2)9-10-18(17)32-3/h5-12,28H,4H2,1-3H3,(H,23,29)(H2,24,25,26,27). The van der Waals surface area contributed by atoms with E-state index in [1.165, 1.54) is 13.3 Å². The van der Waals surface area contributed by atoms with Gasteiger partial charge in [0.1, 0.15) is 10.8 Å². The highest BCUT2D eigenvalue weighted by atomic mass is 35.5. The summed E-state index contributed by atoms with van der Waals surface area (Å²) < 4.78 is 31.9. The Kier molecular flexibility index (Phi) is 7.56. The number of carbonyl (C=O) groups excluding carboxylic acids is 1. The van der Waals surface area contributed by atoms with Crippen molar-refractivity contribution < 1.29 is 17.9 Å². The van der Waals surface area contributed by atoms with Gasteiger partial charge in [-0.3, -0.25) is 9.52 Å². The molecule has 10 nitrogen and oxygen atoms in total. The van der Waals surface area contributed by atoms with Crippen LogP contribution < -0.4 is 25.4 Å². The van der Waals surface area contributed by atoms with Crippen molar-refractivity contribution in [1.82, 2.24) is 15.3 Å². The first-order valence-electron chi connectivity index (χ1n) is 9.82. The van der Waals surface area contributed by atoms with Crippen LogP contribution in [-0.2, 0) is 10.0 Å². The maximum Gasteiger partial charge on any atom is 0.251 e. The monoisotopic (exact) mass is 490 g/mol. The second-order valence-electron chi connectivity index (χ2n) is 6.69. The summed E-state index contributed by atoms with van der Waals surface area (Å²) in [5, 5.41) is 8.84. The lowest BCUT2D eigenvalue weighted by Crippen LogP contribution is -2.17. The molecule has 1 amide bonds. The van der Waals surface area contributed by atoms with E-state index in [0.717, 1.165) is 0 Å². The molecule has 0 bridgehead atoms. The van der Waals surface area contributed by atoms with Crippen LogP contribution in [0.5, 0.6) is 5.75 Å². The quantitative estimate of drug-likeness (QED) is 0.356. The third kappa shape index (κ3) is 6.02. The van der Waals surface area contributed by atoms with Gasteiger partial charge in [-0.1, -0.05) is 23.7 Å². The Balaban J connectivity index is 1.91. The zero-order valence-electron chi connectivity index (χ0n) is 18.1. The van der Waals surface area contributed by atoms with Gasteiger partial charge in [0.2, 0.25) is 16.0 Å². The van der Waals surface area contributed by atoms with E-state index in [0.29, 0.717) is 28.4 Å². The third-order valence-electron chi connectivity index (χ3n) is 4.50. The second kappa shape index (κ2) is 10.4. The van der Waals surface area contributed by atoms with Crippen LogP contribution in [0.25, 0.3) is 0 Å². The fourth-order valence-electron chi connectivity index (χ4n) is 2.78. The molecule has 0 atom stereocenters. The number of ether oxygens (including phenoxy) is 1. The van der Waals surface area contributed by atoms with Crippen molar-refractivity contribution in [1.29, 1.82) is 0 Å². The van der Waals surface area contributed by atoms with E-state index in [-0.39, 0.29) is 28.4 Å². The molecule has 0 aliphatic heterocycles. The Bertz CT molecular complexity index is 1270. The topological polar surface area (TPSA) is 134 Å². The van der Waals surface area contributed by atoms with Crippen LogP contribution in [-0.4, -0.2) is 44.2 Å². The van der Waals surface area contributed by atoms with Crippen LogP contribution in [0, 0.1) is 0 Å². The number of benzene rings is 2. The van der Waals surface area contributed by atoms with Crippen molar-refractivity contribution in [3.05, 3.63) is 59.2 Å². The predicted molar refractivity (Wildman–Crippen MR) is 130 cm³/mol. The number of carbonyl (C=O) groups is 1. The highest BCUT2D eigenvalue weighted by Crippen LogP contribution is 2.31. The summed E-state index contributed by atoms with van der Waals surface area (Å²) in [7, 11) is -0.438. The minimum Gasteiger partial charge on any atom is -0.495 e. The Labute approximate surface area is 196 Å². The number of sulfonamides is 1. The van der Waals surface area contributed by atoms with Gasteiger partial charge in [-0.2, -0.15) is 4.98 Å². The molecule has 0 fully saturated rings. The third-order valence-corrected chi connectivity index (χ3v) is 6.07. The van der Waals surface area contributed by atoms with Crippen molar-refractivity contribution >= 4 is 56.4 Å². The lowest BCUT2D eigenvalue weighted by atomic mass is 10.1. The van der Waals surface area contributed by atoms with Gasteiger partial charge in [0.25, 0.3) is 5.91 Å². The number of hydrogen-bond acceptors (Lipinski definition) is 8. The number of nitrogens with one attached hydrogen (secondary N) is 4. The van der Waals surface area contributed by atoms with E-state index in [1.807, 2.05) is 0 Å². The minimum atomic E-state index is -3.48. The van der Waals surface area contributed by atoms with Crippen LogP contribution in [0.15, 0.2) is 48.7 Å². The number of nitrogens with zero attached hydrogens (tertiary/aromatic N) is 2. The minimum absolute atomic E-state index is 0.0688. The van der Waals surface area contributed by atoms with Crippen molar-refractivity contribution in [2.24, 2.45) is 0 Å². The molecule has 1 aromatic heterocycles. The molecule has 0 aliphatic rings. The van der Waals surface area contributed by atoms with Gasteiger partial charge in [-0.25, -0.2) is 13.4 Å². The zero-order chi connectivity index (χ0) is 24.0. The van der Waals surface area contributed by atoms with Crippen LogP contribution in [0.4, 0.5) is 28.8 Å². The Morgan fingerprint density at radius 2 is 1.82 bits per heavy atom. The number of hydrogen-bond donors (Lipinski definition) is 4. The lowest BCUT2D eigenvalue weighted by molar-refractivity contribution is 0.0963. The number of para-hydroxylation sites is 2. The Morgan fingerprint density at radius 1 is 1.09 bits per heavy atom. The van der Waals surface area contributed by atoms with Gasteiger partial charge in [0.05, 0.1) is 36.1 Å². The van der Waals surface area contributed by atoms with Crippen LogP contribution in [0.1, 0.15) is 17.3 Å². The molecule has 33 heavy (non-hydrogen) atoms. The number of aromatic nitrogens is 2. The van der Waals surface area contributed by atoms with E-state index < -0.39 is 10.0 Å². The average Bonchev–Trinajstić information content (AvgIpc) is 2.81. The van der Waals surface area contributed by atoms with Crippen molar-refractivity contribution in [3.63, 3.8) is 0 Å². The normalized spacial score (nSPS) is 10.9. The lowest BCUT2D eigenvalue weighted by Gasteiger charge is -2.15. The molecular formula is C21H23ClN6O4S. The highest BCUT2D eigenvalue weighted by Gasteiger charge is 2.14. The predicted octanol–water partition coefficient (Wildman–Crippen LogP) is 3.75. The highest BCUT2D eigenvalue weighted by molar-refractivity contribution is 7.92. The number of halogens is 1. The van der Waals surface area contributed by atoms with Gasteiger partial charge in [0, 0.05) is 12.6 Å². The van der Waals surface area contributed by atoms with Gasteiger partial charge < -0.3 is 20.7 Å². The van der Waals surface area contributed by atoms with E-state index in [9.17, 15) is 13.2 Å². The van der Waals surface area contributed by atoms with Gasteiger partial charge in [-0.15, -0.1) is 0 Å². The summed E-state index contributed by atoms with van der Waals surface area (Å²) in [5.74, 6) is 0.585. The molecule has 0 saturated carbocycles. The fourth-order valence-corrected chi connectivity index (χ4v) is 3.57. The van der Waals surface area contributed by atoms with E-state index in [2.05, 4.69) is 30.6 Å². The van der Waals surface area contributed by atoms with E-state index in [1.54, 1.807) is 56.4 Å². The van der Waals surface area contributed by atoms with Gasteiger partial charge >= 0.3 is 0 Å². The van der Waals surface area contributed by atoms with Crippen molar-refractivity contribution in [2.75, 3.05) is 35.3 Å². The molecule has 1 heterocycles. The molecular weight excluding hydrogens is 468 g/mol. The number of methoxy groups -OCH3 is 1. The van der Waals surface area contributed by atoms with E-state index >= 15 is 0 Å². The first-order valence-corrected chi connectivity index (χ1v) is 11.9. The molecule has 0 saturated heterocycles. The van der Waals surface area contributed by atoms with Crippen LogP contribution >= 0.6 is 11.6 Å². The number of anilines is 5. The van der Waals surface area contributed by atoms with Crippen molar-refractivity contribution in [2.45, 2.75) is 6.92 Å². The zero-order valence-corrected chi connectivity index (χ0v) is 19.7. The molecule has 174 valence electrons. The van der Waals surface area contributed by atoms with Crippen LogP contribution in [0.2, 0.25) is 5.02 Å². The maximum atomic E-state index is 12.0. The molecule has 0 aliphatic carbocycles. The van der Waals surface area contributed by atoms with Gasteiger partial charge in [-0.05, 0) is 37.3 Å². The molecule has 3 rings (SSSR count). The number of amides is 1. The summed E-state index contributed by atoms with van der Waals surface area (Å²) in [4.78, 5) is 20.6. The summed E-state index contributed by atoms with van der Waals surface area (Å²) in [6.07, 6.45) is 1.40. The maximum absolute atomic E-state index is 12.0. The first-order chi connectivity index (χ1) is 15.8. The Hall–Kier alpha value is -3.57.